The second-order valence-corrected chi connectivity index (χ2v) is 3.51. The molecule has 0 aromatic rings. The van der Waals surface area contributed by atoms with E-state index in [9.17, 15) is 0 Å². The van der Waals surface area contributed by atoms with Gasteiger partial charge in [-0.3, -0.25) is 0 Å². The van der Waals surface area contributed by atoms with Crippen molar-refractivity contribution in [1.29, 1.82) is 0 Å². The van der Waals surface area contributed by atoms with E-state index in [2.05, 4.69) is 4.99 Å². The highest BCUT2D eigenvalue weighted by molar-refractivity contribution is 5.75. The average Bonchev–Trinajstić information content (AvgIpc) is 2.17. The van der Waals surface area contributed by atoms with Crippen LogP contribution in [0.15, 0.2) is 4.99 Å². The van der Waals surface area contributed by atoms with Crippen LogP contribution in [0.25, 0.3) is 0 Å². The van der Waals surface area contributed by atoms with Gasteiger partial charge in [-0.15, -0.1) is 0 Å². The maximum atomic E-state index is 5.60. The molecular formula is C9H15NO. The summed E-state index contributed by atoms with van der Waals surface area (Å²) in [7, 11) is 0. The lowest BCUT2D eigenvalue weighted by atomic mass is 10.1. The monoisotopic (exact) mass is 153 g/mol. The smallest absolute Gasteiger partial charge is 0.180 e. The summed E-state index contributed by atoms with van der Waals surface area (Å²) in [5, 5.41) is 0. The van der Waals surface area contributed by atoms with Gasteiger partial charge >= 0.3 is 0 Å². The van der Waals surface area contributed by atoms with Crippen LogP contribution in [0.3, 0.4) is 0 Å². The molecule has 62 valence electrons. The molecule has 0 aromatic carbocycles. The minimum absolute atomic E-state index is 0.428. The lowest BCUT2D eigenvalue weighted by Crippen LogP contribution is -2.20. The van der Waals surface area contributed by atoms with Gasteiger partial charge in [-0.1, -0.05) is 12.8 Å². The van der Waals surface area contributed by atoms with Crippen molar-refractivity contribution in [1.82, 2.24) is 0 Å². The third-order valence-electron chi connectivity index (χ3n) is 2.59. The Morgan fingerprint density at radius 1 is 1.27 bits per heavy atom. The number of nitrogens with zero attached hydrogens (tertiary/aromatic N) is 1. The Kier molecular flexibility index (Phi) is 1.84. The van der Waals surface area contributed by atoms with Crippen LogP contribution in [0, 0.1) is 0 Å². The van der Waals surface area contributed by atoms with Crippen LogP contribution in [0.5, 0.6) is 0 Å². The fraction of sp³-hybridized carbons (Fsp3) is 0.889. The van der Waals surface area contributed by atoms with E-state index in [0.29, 0.717) is 12.1 Å². The summed E-state index contributed by atoms with van der Waals surface area (Å²) in [5.41, 5.74) is 0. The van der Waals surface area contributed by atoms with Gasteiger partial charge in [0, 0.05) is 6.92 Å². The molecule has 0 saturated heterocycles. The van der Waals surface area contributed by atoms with E-state index in [1.807, 2.05) is 6.92 Å². The molecule has 0 amide bonds. The predicted molar refractivity (Wildman–Crippen MR) is 44.9 cm³/mol. The molecule has 1 saturated carbocycles. The van der Waals surface area contributed by atoms with Gasteiger partial charge in [-0.05, 0) is 19.3 Å². The molecule has 2 heteroatoms. The standard InChI is InChI=1S/C9H15NO/c1-7-10-8-5-3-2-4-6-9(8)11-7/h8-9H,2-6H2,1H3. The van der Waals surface area contributed by atoms with Crippen LogP contribution in [0.4, 0.5) is 0 Å². The van der Waals surface area contributed by atoms with Crippen LogP contribution in [0.1, 0.15) is 39.0 Å². The summed E-state index contributed by atoms with van der Waals surface area (Å²) >= 11 is 0. The van der Waals surface area contributed by atoms with E-state index in [0.717, 1.165) is 5.90 Å². The molecule has 2 unspecified atom stereocenters. The van der Waals surface area contributed by atoms with Crippen molar-refractivity contribution in [3.05, 3.63) is 0 Å². The molecule has 11 heavy (non-hydrogen) atoms. The molecule has 2 atom stereocenters. The largest absolute Gasteiger partial charge is 0.476 e. The van der Waals surface area contributed by atoms with Crippen molar-refractivity contribution in [3.63, 3.8) is 0 Å². The lowest BCUT2D eigenvalue weighted by molar-refractivity contribution is 0.182. The fourth-order valence-corrected chi connectivity index (χ4v) is 2.02. The van der Waals surface area contributed by atoms with Crippen molar-refractivity contribution >= 4 is 5.90 Å². The molecular weight excluding hydrogens is 138 g/mol. The van der Waals surface area contributed by atoms with Gasteiger partial charge in [0.15, 0.2) is 5.90 Å². The summed E-state index contributed by atoms with van der Waals surface area (Å²) in [5.74, 6) is 0.905. The second kappa shape index (κ2) is 2.84. The molecule has 0 N–H and O–H groups in total. The Morgan fingerprint density at radius 2 is 2.09 bits per heavy atom. The zero-order valence-corrected chi connectivity index (χ0v) is 7.05. The molecule has 0 radical (unpaired) electrons. The van der Waals surface area contributed by atoms with E-state index in [-0.39, 0.29) is 0 Å². The highest BCUT2D eigenvalue weighted by Crippen LogP contribution is 2.27. The maximum Gasteiger partial charge on any atom is 0.180 e. The second-order valence-electron chi connectivity index (χ2n) is 3.51. The quantitative estimate of drug-likeness (QED) is 0.522. The summed E-state index contributed by atoms with van der Waals surface area (Å²) in [4.78, 5) is 4.46. The van der Waals surface area contributed by atoms with Crippen molar-refractivity contribution < 1.29 is 4.74 Å². The molecule has 0 aromatic heterocycles. The summed E-state index contributed by atoms with van der Waals surface area (Å²) < 4.78 is 5.60. The first kappa shape index (κ1) is 7.14. The zero-order chi connectivity index (χ0) is 7.68. The fourth-order valence-electron chi connectivity index (χ4n) is 2.02. The van der Waals surface area contributed by atoms with Crippen LogP contribution in [-0.2, 0) is 4.74 Å². The van der Waals surface area contributed by atoms with E-state index < -0.39 is 0 Å². The first-order valence-corrected chi connectivity index (χ1v) is 4.57. The normalized spacial score (nSPS) is 37.0. The summed E-state index contributed by atoms with van der Waals surface area (Å²) in [6.45, 7) is 1.97. The van der Waals surface area contributed by atoms with Crippen molar-refractivity contribution in [2.45, 2.75) is 51.2 Å². The Labute approximate surface area is 67.7 Å². The highest BCUT2D eigenvalue weighted by Gasteiger charge is 2.29. The molecule has 0 bridgehead atoms. The SMILES string of the molecule is CC1=NC2CCCCCC2O1. The summed E-state index contributed by atoms with van der Waals surface area (Å²) in [6, 6.07) is 0.498. The molecule has 1 aliphatic carbocycles. The van der Waals surface area contributed by atoms with Crippen LogP contribution in [0.2, 0.25) is 0 Å². The van der Waals surface area contributed by atoms with Crippen molar-refractivity contribution in [3.8, 4) is 0 Å². The Bertz CT molecular complexity index is 176. The van der Waals surface area contributed by atoms with Gasteiger partial charge in [-0.2, -0.15) is 0 Å². The molecule has 0 spiro atoms. The van der Waals surface area contributed by atoms with Gasteiger partial charge in [-0.25, -0.2) is 4.99 Å². The van der Waals surface area contributed by atoms with Crippen molar-refractivity contribution in [2.24, 2.45) is 4.99 Å². The highest BCUT2D eigenvalue weighted by atomic mass is 16.5. The Balaban J connectivity index is 2.04. The van der Waals surface area contributed by atoms with Gasteiger partial charge < -0.3 is 4.74 Å². The number of rotatable bonds is 0. The van der Waals surface area contributed by atoms with Gasteiger partial charge in [0.05, 0.1) is 6.04 Å². The van der Waals surface area contributed by atoms with Gasteiger partial charge in [0.2, 0.25) is 0 Å². The molecule has 1 aliphatic heterocycles. The Hall–Kier alpha value is -0.530. The first-order valence-electron chi connectivity index (χ1n) is 4.57. The third kappa shape index (κ3) is 1.39. The predicted octanol–water partition coefficient (Wildman–Crippen LogP) is 2.14. The van der Waals surface area contributed by atoms with E-state index in [4.69, 9.17) is 4.74 Å². The third-order valence-corrected chi connectivity index (χ3v) is 2.59. The van der Waals surface area contributed by atoms with E-state index in [1.165, 1.54) is 32.1 Å². The minimum Gasteiger partial charge on any atom is -0.476 e. The maximum absolute atomic E-state index is 5.60. The molecule has 2 nitrogen and oxygen atoms in total. The van der Waals surface area contributed by atoms with Crippen LogP contribution in [-0.4, -0.2) is 18.0 Å². The number of hydrogen-bond acceptors (Lipinski definition) is 2. The van der Waals surface area contributed by atoms with Crippen molar-refractivity contribution in [2.75, 3.05) is 0 Å². The van der Waals surface area contributed by atoms with Gasteiger partial charge in [0.25, 0.3) is 0 Å². The number of fused-ring (bicyclic) bond motifs is 1. The van der Waals surface area contributed by atoms with Crippen LogP contribution >= 0.6 is 0 Å². The lowest BCUT2D eigenvalue weighted by Gasteiger charge is -2.12. The number of ether oxygens (including phenoxy) is 1. The first-order chi connectivity index (χ1) is 5.36. The molecule has 2 rings (SSSR count). The van der Waals surface area contributed by atoms with Gasteiger partial charge in [0.1, 0.15) is 6.10 Å². The number of aliphatic imine (C=N–C) groups is 1. The zero-order valence-electron chi connectivity index (χ0n) is 7.05. The molecule has 1 heterocycles. The number of hydrogen-bond donors (Lipinski definition) is 0. The van der Waals surface area contributed by atoms with Crippen LogP contribution < -0.4 is 0 Å². The minimum atomic E-state index is 0.428. The van der Waals surface area contributed by atoms with E-state index in [1.54, 1.807) is 0 Å². The molecule has 2 aliphatic rings. The average molecular weight is 153 g/mol. The Morgan fingerprint density at radius 3 is 3.00 bits per heavy atom. The molecule has 1 fully saturated rings. The topological polar surface area (TPSA) is 21.6 Å². The van der Waals surface area contributed by atoms with E-state index >= 15 is 0 Å². The summed E-state index contributed by atoms with van der Waals surface area (Å²) in [6.07, 6.45) is 6.90.